The summed E-state index contributed by atoms with van der Waals surface area (Å²) >= 11 is 0. The topological polar surface area (TPSA) is 86.6 Å². The first-order valence-corrected chi connectivity index (χ1v) is 7.87. The number of Topliss-reactive ketones (excluding diaryl/α,β-unsaturated/α-hetero) is 1. The van der Waals surface area contributed by atoms with Crippen molar-refractivity contribution in [2.45, 2.75) is 6.42 Å². The molecule has 2 aromatic carbocycles. The Bertz CT molecular complexity index is 840. The average Bonchev–Trinajstić information content (AvgIpc) is 2.70. The lowest BCUT2D eigenvalue weighted by atomic mass is 10.00. The van der Waals surface area contributed by atoms with Gasteiger partial charge in [-0.05, 0) is 35.9 Å². The number of ether oxygens (including phenoxy) is 4. The van der Waals surface area contributed by atoms with Gasteiger partial charge in [0.05, 0.1) is 28.4 Å². The Kier molecular flexibility index (Phi) is 6.59. The van der Waals surface area contributed by atoms with Crippen molar-refractivity contribution in [2.24, 2.45) is 5.16 Å². The lowest BCUT2D eigenvalue weighted by Gasteiger charge is -2.14. The molecular weight excluding hydrogens is 357 g/mol. The normalized spacial score (nSPS) is 11.1. The van der Waals surface area contributed by atoms with E-state index in [4.69, 9.17) is 18.9 Å². The molecule has 0 amide bonds. The Morgan fingerprint density at radius 3 is 2.00 bits per heavy atom. The number of ketones is 1. The van der Waals surface area contributed by atoms with Gasteiger partial charge < -0.3 is 24.2 Å². The van der Waals surface area contributed by atoms with E-state index in [1.54, 1.807) is 12.1 Å². The molecule has 0 spiro atoms. The zero-order valence-corrected chi connectivity index (χ0v) is 15.4. The Morgan fingerprint density at radius 1 is 0.963 bits per heavy atom. The predicted octanol–water partition coefficient (Wildman–Crippen LogP) is 3.12. The van der Waals surface area contributed by atoms with Crippen molar-refractivity contribution in [3.8, 4) is 23.0 Å². The summed E-state index contributed by atoms with van der Waals surface area (Å²) in [4.78, 5) is 12.6. The van der Waals surface area contributed by atoms with Crippen LogP contribution in [-0.4, -0.2) is 45.1 Å². The Morgan fingerprint density at radius 2 is 1.56 bits per heavy atom. The molecule has 2 rings (SSSR count). The van der Waals surface area contributed by atoms with Gasteiger partial charge in [-0.1, -0.05) is 5.16 Å². The first kappa shape index (κ1) is 20.0. The molecule has 0 bridgehead atoms. The van der Waals surface area contributed by atoms with Crippen LogP contribution in [0, 0.1) is 5.82 Å². The molecule has 0 heterocycles. The summed E-state index contributed by atoms with van der Waals surface area (Å²) in [7, 11) is 5.73. The summed E-state index contributed by atoms with van der Waals surface area (Å²) in [6, 6.07) is 7.02. The number of oxime groups is 1. The molecule has 0 fully saturated rings. The van der Waals surface area contributed by atoms with Gasteiger partial charge in [-0.25, -0.2) is 4.39 Å². The van der Waals surface area contributed by atoms with Gasteiger partial charge in [-0.2, -0.15) is 0 Å². The van der Waals surface area contributed by atoms with Crippen molar-refractivity contribution in [3.05, 3.63) is 47.3 Å². The maximum Gasteiger partial charge on any atom is 0.211 e. The second-order valence-corrected chi connectivity index (χ2v) is 5.44. The number of nitrogens with zero attached hydrogens (tertiary/aromatic N) is 1. The molecule has 0 atom stereocenters. The molecule has 0 radical (unpaired) electrons. The first-order chi connectivity index (χ1) is 13.0. The highest BCUT2D eigenvalue weighted by atomic mass is 19.1. The van der Waals surface area contributed by atoms with E-state index in [0.29, 0.717) is 22.8 Å². The predicted molar refractivity (Wildman–Crippen MR) is 96.3 cm³/mol. The van der Waals surface area contributed by atoms with Crippen LogP contribution in [-0.2, 0) is 6.42 Å². The van der Waals surface area contributed by atoms with Gasteiger partial charge in [0.2, 0.25) is 11.5 Å². The van der Waals surface area contributed by atoms with Crippen LogP contribution < -0.4 is 18.9 Å². The Balaban J connectivity index is 2.34. The van der Waals surface area contributed by atoms with Crippen LogP contribution in [0.2, 0.25) is 0 Å². The van der Waals surface area contributed by atoms with Gasteiger partial charge in [0.1, 0.15) is 5.71 Å². The quantitative estimate of drug-likeness (QED) is 0.329. The molecule has 0 saturated heterocycles. The molecule has 0 aliphatic rings. The molecule has 8 heteroatoms. The van der Waals surface area contributed by atoms with E-state index < -0.39 is 11.6 Å². The van der Waals surface area contributed by atoms with Gasteiger partial charge in [-0.15, -0.1) is 0 Å². The third-order valence-corrected chi connectivity index (χ3v) is 3.89. The van der Waals surface area contributed by atoms with E-state index in [1.807, 2.05) is 0 Å². The van der Waals surface area contributed by atoms with Crippen LogP contribution in [0.15, 0.2) is 35.5 Å². The fourth-order valence-corrected chi connectivity index (χ4v) is 2.57. The molecule has 144 valence electrons. The summed E-state index contributed by atoms with van der Waals surface area (Å²) in [5.74, 6) is -0.103. The summed E-state index contributed by atoms with van der Waals surface area (Å²) in [6.45, 7) is 0. The maximum absolute atomic E-state index is 13.9. The smallest absolute Gasteiger partial charge is 0.211 e. The van der Waals surface area contributed by atoms with Crippen LogP contribution in [0.25, 0.3) is 0 Å². The third-order valence-electron chi connectivity index (χ3n) is 3.89. The summed E-state index contributed by atoms with van der Waals surface area (Å²) in [6.07, 6.45) is -0.0281. The molecule has 27 heavy (non-hydrogen) atoms. The van der Waals surface area contributed by atoms with Crippen molar-refractivity contribution in [2.75, 3.05) is 28.4 Å². The second kappa shape index (κ2) is 8.88. The van der Waals surface area contributed by atoms with Crippen LogP contribution >= 0.6 is 0 Å². The molecule has 2 aromatic rings. The molecule has 0 saturated carbocycles. The Labute approximate surface area is 155 Å². The molecule has 0 aromatic heterocycles. The van der Waals surface area contributed by atoms with Crippen LogP contribution in [0.4, 0.5) is 4.39 Å². The maximum atomic E-state index is 13.9. The lowest BCUT2D eigenvalue weighted by Crippen LogP contribution is -2.18. The standard InChI is InChI=1S/C19H20FNO6/c1-24-15-6-5-12(10-13(15)20)18(22)14(21-23)7-11-8-16(25-2)19(27-4)17(9-11)26-3/h5-6,8-10,23H,7H2,1-4H3. The van der Waals surface area contributed by atoms with Crippen molar-refractivity contribution >= 4 is 11.5 Å². The monoisotopic (exact) mass is 377 g/mol. The first-order valence-electron chi connectivity index (χ1n) is 7.87. The van der Waals surface area contributed by atoms with Gasteiger partial charge in [0.25, 0.3) is 0 Å². The average molecular weight is 377 g/mol. The number of halogens is 1. The van der Waals surface area contributed by atoms with E-state index in [-0.39, 0.29) is 23.4 Å². The minimum Gasteiger partial charge on any atom is -0.494 e. The number of carbonyl (C=O) groups is 1. The fourth-order valence-electron chi connectivity index (χ4n) is 2.57. The minimum absolute atomic E-state index is 0.0127. The number of hydrogen-bond donors (Lipinski definition) is 1. The van der Waals surface area contributed by atoms with E-state index >= 15 is 0 Å². The highest BCUT2D eigenvalue weighted by molar-refractivity contribution is 6.46. The summed E-state index contributed by atoms with van der Waals surface area (Å²) in [5.41, 5.74) is 0.446. The largest absolute Gasteiger partial charge is 0.494 e. The van der Waals surface area contributed by atoms with Crippen LogP contribution in [0.3, 0.4) is 0 Å². The van der Waals surface area contributed by atoms with Crippen molar-refractivity contribution < 1.29 is 33.3 Å². The number of hydrogen-bond acceptors (Lipinski definition) is 7. The number of methoxy groups -OCH3 is 4. The molecule has 0 unspecified atom stereocenters. The van der Waals surface area contributed by atoms with Crippen molar-refractivity contribution in [1.82, 2.24) is 0 Å². The van der Waals surface area contributed by atoms with Crippen LogP contribution in [0.5, 0.6) is 23.0 Å². The van der Waals surface area contributed by atoms with Gasteiger partial charge in [0, 0.05) is 12.0 Å². The number of benzene rings is 2. The second-order valence-electron chi connectivity index (χ2n) is 5.44. The van der Waals surface area contributed by atoms with E-state index in [9.17, 15) is 14.4 Å². The van der Waals surface area contributed by atoms with Gasteiger partial charge >= 0.3 is 0 Å². The highest BCUT2D eigenvalue weighted by Gasteiger charge is 2.20. The number of rotatable bonds is 8. The fraction of sp³-hybridized carbons (Fsp3) is 0.263. The summed E-state index contributed by atoms with van der Waals surface area (Å²) in [5, 5.41) is 12.4. The SMILES string of the molecule is COc1ccc(C(=O)C(Cc2cc(OC)c(OC)c(OC)c2)=NO)cc1F. The third kappa shape index (κ3) is 4.28. The van der Waals surface area contributed by atoms with Crippen molar-refractivity contribution in [1.29, 1.82) is 0 Å². The van der Waals surface area contributed by atoms with E-state index in [2.05, 4.69) is 5.16 Å². The molecule has 0 aliphatic heterocycles. The Hall–Kier alpha value is -3.29. The lowest BCUT2D eigenvalue weighted by molar-refractivity contribution is 0.105. The molecular formula is C19H20FNO6. The van der Waals surface area contributed by atoms with E-state index in [1.165, 1.54) is 40.6 Å². The summed E-state index contributed by atoms with van der Waals surface area (Å²) < 4.78 is 34.5. The molecule has 1 N–H and O–H groups in total. The highest BCUT2D eigenvalue weighted by Crippen LogP contribution is 2.38. The van der Waals surface area contributed by atoms with Crippen LogP contribution in [0.1, 0.15) is 15.9 Å². The molecule has 7 nitrogen and oxygen atoms in total. The van der Waals surface area contributed by atoms with Crippen molar-refractivity contribution in [3.63, 3.8) is 0 Å². The molecule has 0 aliphatic carbocycles. The zero-order valence-electron chi connectivity index (χ0n) is 15.4. The minimum atomic E-state index is -0.687. The number of carbonyl (C=O) groups excluding carboxylic acids is 1. The zero-order chi connectivity index (χ0) is 20.0. The van der Waals surface area contributed by atoms with Gasteiger partial charge in [-0.3, -0.25) is 4.79 Å². The van der Waals surface area contributed by atoms with E-state index in [0.717, 1.165) is 6.07 Å². The van der Waals surface area contributed by atoms with Gasteiger partial charge in [0.15, 0.2) is 23.1 Å².